The molecule has 13 heteroatoms. The van der Waals surface area contributed by atoms with E-state index in [0.717, 1.165) is 25.7 Å². The molecule has 2 aliphatic rings. The summed E-state index contributed by atoms with van der Waals surface area (Å²) >= 11 is 7.90. The third-order valence-electron chi connectivity index (χ3n) is 8.13. The molecule has 0 saturated heterocycles. The van der Waals surface area contributed by atoms with Crippen LogP contribution in [0.1, 0.15) is 63.1 Å². The number of nitrogens with zero attached hydrogens (tertiary/aromatic N) is 3. The Morgan fingerprint density at radius 1 is 1.27 bits per heavy atom. The first-order valence-electron chi connectivity index (χ1n) is 13.6. The summed E-state index contributed by atoms with van der Waals surface area (Å²) in [5.74, 6) is -0.485. The molecule has 41 heavy (non-hydrogen) atoms. The average Bonchev–Trinajstić information content (AvgIpc) is 3.42. The molecule has 0 amide bonds. The number of benzene rings is 1. The van der Waals surface area contributed by atoms with Gasteiger partial charge in [0.05, 0.1) is 22.6 Å². The lowest BCUT2D eigenvalue weighted by atomic mass is 9.80. The first-order valence-corrected chi connectivity index (χ1v) is 19.8. The quantitative estimate of drug-likeness (QED) is 0.262. The molecule has 2 N–H and O–H groups in total. The van der Waals surface area contributed by atoms with Crippen LogP contribution < -0.4 is 10.0 Å². The van der Waals surface area contributed by atoms with Crippen LogP contribution in [0.2, 0.25) is 23.2 Å². The number of thiazole rings is 1. The first kappa shape index (κ1) is 31.8. The van der Waals surface area contributed by atoms with Crippen LogP contribution in [-0.4, -0.2) is 48.6 Å². The van der Waals surface area contributed by atoms with Crippen molar-refractivity contribution in [2.24, 2.45) is 14.9 Å². The van der Waals surface area contributed by atoms with Crippen LogP contribution in [0.15, 0.2) is 50.1 Å². The molecule has 1 fully saturated rings. The molecule has 0 radical (unpaired) electrons. The molecule has 0 spiro atoms. The molecule has 224 valence electrons. The highest BCUT2D eigenvalue weighted by atomic mass is 35.5. The molecular weight excluding hydrogens is 601 g/mol. The minimum absolute atomic E-state index is 0.00490. The van der Waals surface area contributed by atoms with E-state index in [1.165, 1.54) is 30.6 Å². The van der Waals surface area contributed by atoms with Crippen molar-refractivity contribution in [2.75, 3.05) is 13.4 Å². The van der Waals surface area contributed by atoms with Crippen molar-refractivity contribution in [3.05, 3.63) is 62.5 Å². The molecule has 2 heterocycles. The van der Waals surface area contributed by atoms with Gasteiger partial charge in [-0.1, -0.05) is 38.4 Å². The van der Waals surface area contributed by atoms with Gasteiger partial charge in [0.25, 0.3) is 0 Å². The minimum Gasteiger partial charge on any atom is -0.466 e. The first-order chi connectivity index (χ1) is 19.1. The smallest absolute Gasteiger partial charge is 0.338 e. The van der Waals surface area contributed by atoms with Gasteiger partial charge in [0.2, 0.25) is 0 Å². The lowest BCUT2D eigenvalue weighted by Crippen LogP contribution is -2.43. The highest BCUT2D eigenvalue weighted by molar-refractivity contribution is 7.91. The van der Waals surface area contributed by atoms with Crippen molar-refractivity contribution in [3.63, 3.8) is 0 Å². The SMILES string of the molecule is COC(=O)C1=C(C2CCC(NS(C)(=O)=N[Si](C)(C)C(C)(C)C)CC2)NC(c2nccs2)=NC1c1ccc(F)cc1Cl. The van der Waals surface area contributed by atoms with E-state index in [0.29, 0.717) is 27.7 Å². The van der Waals surface area contributed by atoms with Gasteiger partial charge in [-0.3, -0.25) is 9.02 Å². The number of carbonyl (C=O) groups excluding carboxylic acids is 1. The number of ether oxygens (including phenoxy) is 1. The maximum Gasteiger partial charge on any atom is 0.338 e. The number of rotatable bonds is 7. The Bertz CT molecular complexity index is 1470. The van der Waals surface area contributed by atoms with Crippen LogP contribution in [0.25, 0.3) is 0 Å². The van der Waals surface area contributed by atoms with Crippen LogP contribution in [0.3, 0.4) is 0 Å². The summed E-state index contributed by atoms with van der Waals surface area (Å²) < 4.78 is 40.9. The van der Waals surface area contributed by atoms with E-state index in [9.17, 15) is 13.4 Å². The van der Waals surface area contributed by atoms with Crippen molar-refractivity contribution >= 4 is 52.9 Å². The lowest BCUT2D eigenvalue weighted by Gasteiger charge is -2.36. The fourth-order valence-electron chi connectivity index (χ4n) is 5.03. The van der Waals surface area contributed by atoms with Crippen LogP contribution in [0.5, 0.6) is 0 Å². The summed E-state index contributed by atoms with van der Waals surface area (Å²) in [6, 6.07) is 3.34. The van der Waals surface area contributed by atoms with Gasteiger partial charge in [0.1, 0.15) is 11.9 Å². The minimum atomic E-state index is -2.57. The highest BCUT2D eigenvalue weighted by Crippen LogP contribution is 2.41. The predicted molar refractivity (Wildman–Crippen MR) is 168 cm³/mol. The number of nitrogens with one attached hydrogen (secondary N) is 2. The maximum atomic E-state index is 13.9. The van der Waals surface area contributed by atoms with E-state index in [-0.39, 0.29) is 22.0 Å². The number of esters is 1. The Morgan fingerprint density at radius 3 is 2.51 bits per heavy atom. The summed E-state index contributed by atoms with van der Waals surface area (Å²) in [6.07, 6.45) is 6.39. The molecule has 1 saturated carbocycles. The van der Waals surface area contributed by atoms with E-state index in [1.54, 1.807) is 18.5 Å². The molecule has 2 aromatic rings. The Labute approximate surface area is 252 Å². The van der Waals surface area contributed by atoms with E-state index in [2.05, 4.69) is 48.9 Å². The summed E-state index contributed by atoms with van der Waals surface area (Å²) in [6.45, 7) is 10.8. The lowest BCUT2D eigenvalue weighted by molar-refractivity contribution is -0.136. The number of allylic oxidation sites excluding steroid dienone is 1. The highest BCUT2D eigenvalue weighted by Gasteiger charge is 2.39. The van der Waals surface area contributed by atoms with Crippen molar-refractivity contribution in [3.8, 4) is 0 Å². The van der Waals surface area contributed by atoms with Crippen molar-refractivity contribution in [1.82, 2.24) is 15.0 Å². The zero-order valence-corrected chi connectivity index (χ0v) is 28.0. The second kappa shape index (κ2) is 12.2. The molecule has 2 atom stereocenters. The Hall–Kier alpha value is -2.12. The molecule has 4 rings (SSSR count). The van der Waals surface area contributed by atoms with Gasteiger partial charge in [-0.25, -0.2) is 23.1 Å². The fraction of sp³-hybridized carbons (Fsp3) is 0.536. The van der Waals surface area contributed by atoms with Gasteiger partial charge in [0.15, 0.2) is 19.1 Å². The number of aliphatic imine (C=N–C) groups is 1. The number of methoxy groups -OCH3 is 1. The average molecular weight is 640 g/mol. The maximum absolute atomic E-state index is 13.9. The van der Waals surface area contributed by atoms with Gasteiger partial charge >= 0.3 is 5.97 Å². The zero-order valence-electron chi connectivity index (χ0n) is 24.6. The summed E-state index contributed by atoms with van der Waals surface area (Å²) in [5, 5.41) is 6.10. The molecule has 0 bridgehead atoms. The normalized spacial score (nSPS) is 23.3. The summed E-state index contributed by atoms with van der Waals surface area (Å²) in [4.78, 5) is 22.5. The van der Waals surface area contributed by atoms with Gasteiger partial charge in [0, 0.05) is 40.2 Å². The Morgan fingerprint density at radius 2 is 1.95 bits per heavy atom. The predicted octanol–water partition coefficient (Wildman–Crippen LogP) is 6.62. The van der Waals surface area contributed by atoms with Crippen LogP contribution in [-0.2, 0) is 19.4 Å². The molecule has 1 aliphatic carbocycles. The van der Waals surface area contributed by atoms with Crippen molar-refractivity contribution in [1.29, 1.82) is 0 Å². The second-order valence-corrected chi connectivity index (χ2v) is 20.7. The topological polar surface area (TPSA) is 105 Å². The molecule has 1 aliphatic heterocycles. The Balaban J connectivity index is 1.65. The number of aromatic nitrogens is 1. The number of hydrogen-bond donors (Lipinski definition) is 2. The fourth-order valence-corrected chi connectivity index (χ4v) is 11.5. The van der Waals surface area contributed by atoms with E-state index >= 15 is 0 Å². The summed E-state index contributed by atoms with van der Waals surface area (Å²) in [7, 11) is -3.34. The number of halogens is 2. The van der Waals surface area contributed by atoms with E-state index in [1.807, 2.05) is 5.38 Å². The molecule has 1 aromatic heterocycles. The van der Waals surface area contributed by atoms with Crippen molar-refractivity contribution in [2.45, 2.75) is 76.7 Å². The molecular formula is C28H39ClFN5O3S2Si. The number of hydrogen-bond acceptors (Lipinski definition) is 8. The second-order valence-electron chi connectivity index (χ2n) is 12.2. The number of carbonyl (C=O) groups is 1. The zero-order chi connectivity index (χ0) is 30.2. The number of amidine groups is 1. The monoisotopic (exact) mass is 639 g/mol. The van der Waals surface area contributed by atoms with Gasteiger partial charge in [-0.05, 0) is 61.9 Å². The third-order valence-corrected chi connectivity index (χ3v) is 16.9. The summed E-state index contributed by atoms with van der Waals surface area (Å²) in [5.41, 5.74) is 1.57. The Kier molecular flexibility index (Phi) is 9.49. The van der Waals surface area contributed by atoms with Crippen molar-refractivity contribution < 1.29 is 18.1 Å². The standard InChI is InChI=1S/C28H39ClFN5O3S2Si/c1-28(2,3)41(6,7)35-40(5,37)34-19-11-8-17(9-12-19)23-22(27(36)38-4)24(20-13-10-18(30)16-21(20)29)33-25(32-23)26-31-14-15-39-26/h10,13-17,19,24H,8-9,11-12H2,1-7H3,(H,32,33)(H,34,35,37). The van der Waals surface area contributed by atoms with E-state index in [4.69, 9.17) is 25.4 Å². The van der Waals surface area contributed by atoms with Gasteiger partial charge in [-0.15, -0.1) is 11.3 Å². The van der Waals surface area contributed by atoms with Gasteiger partial charge < -0.3 is 10.1 Å². The van der Waals surface area contributed by atoms with Gasteiger partial charge in [-0.2, -0.15) is 0 Å². The van der Waals surface area contributed by atoms with Crippen LogP contribution in [0.4, 0.5) is 4.39 Å². The van der Waals surface area contributed by atoms with Crippen LogP contribution >= 0.6 is 22.9 Å². The van der Waals surface area contributed by atoms with Crippen LogP contribution in [0, 0.1) is 11.7 Å². The molecule has 2 unspecified atom stereocenters. The molecule has 1 aromatic carbocycles. The third kappa shape index (κ3) is 7.27. The van der Waals surface area contributed by atoms with E-state index < -0.39 is 36.0 Å². The largest absolute Gasteiger partial charge is 0.466 e. The molecule has 8 nitrogen and oxygen atoms in total.